The van der Waals surface area contributed by atoms with Crippen molar-refractivity contribution in [2.45, 2.75) is 13.3 Å². The van der Waals surface area contributed by atoms with Crippen molar-refractivity contribution in [2.75, 3.05) is 6.61 Å². The molecule has 108 valence electrons. The number of nitrogens with zero attached hydrogens (tertiary/aromatic N) is 1. The molecule has 0 unspecified atom stereocenters. The van der Waals surface area contributed by atoms with E-state index < -0.39 is 5.97 Å². The Balaban J connectivity index is 2.73. The monoisotopic (exact) mass is 285 g/mol. The van der Waals surface area contributed by atoms with E-state index >= 15 is 0 Å². The number of nitriles is 1. The first-order chi connectivity index (χ1) is 10.1. The van der Waals surface area contributed by atoms with Crippen molar-refractivity contribution in [3.8, 4) is 6.07 Å². The zero-order valence-electron chi connectivity index (χ0n) is 11.6. The molecule has 0 fully saturated rings. The molecule has 1 rings (SSSR count). The van der Waals surface area contributed by atoms with E-state index in [4.69, 9.17) is 15.1 Å². The van der Waals surface area contributed by atoms with Crippen LogP contribution in [0.15, 0.2) is 42.0 Å². The Morgan fingerprint density at radius 2 is 2.00 bits per heavy atom. The second-order valence-corrected chi connectivity index (χ2v) is 4.11. The van der Waals surface area contributed by atoms with Gasteiger partial charge in [0.25, 0.3) is 0 Å². The maximum atomic E-state index is 11.6. The number of ether oxygens (including phenoxy) is 1. The number of hydrogen-bond acceptors (Lipinski definition) is 4. The first-order valence-electron chi connectivity index (χ1n) is 6.37. The normalized spacial score (nSPS) is 11.1. The van der Waals surface area contributed by atoms with Gasteiger partial charge in [-0.1, -0.05) is 31.2 Å². The van der Waals surface area contributed by atoms with Gasteiger partial charge in [0, 0.05) is 0 Å². The Hall–Kier alpha value is -2.87. The maximum Gasteiger partial charge on any atom is 0.346 e. The van der Waals surface area contributed by atoms with Crippen LogP contribution in [0.3, 0.4) is 0 Å². The number of hydrogen-bond donors (Lipinski definition) is 1. The summed E-state index contributed by atoms with van der Waals surface area (Å²) >= 11 is 0. The fraction of sp³-hybridized carbons (Fsp3) is 0.188. The SMILES string of the molecule is CCCOC(=O)c1ccc(C=CC=C(C#N)C(=O)O)cc1. The maximum absolute atomic E-state index is 11.6. The molecule has 0 heterocycles. The van der Waals surface area contributed by atoms with Crippen LogP contribution in [0.4, 0.5) is 0 Å². The minimum atomic E-state index is -1.27. The smallest absolute Gasteiger partial charge is 0.346 e. The van der Waals surface area contributed by atoms with Crippen molar-refractivity contribution in [3.63, 3.8) is 0 Å². The predicted octanol–water partition coefficient (Wildman–Crippen LogP) is 2.80. The summed E-state index contributed by atoms with van der Waals surface area (Å²) < 4.78 is 5.00. The van der Waals surface area contributed by atoms with Gasteiger partial charge in [-0.25, -0.2) is 9.59 Å². The molecule has 0 aliphatic heterocycles. The molecule has 1 aromatic rings. The lowest BCUT2D eigenvalue weighted by molar-refractivity contribution is -0.132. The van der Waals surface area contributed by atoms with Crippen LogP contribution in [0.1, 0.15) is 29.3 Å². The molecule has 0 radical (unpaired) electrons. The van der Waals surface area contributed by atoms with Crippen molar-refractivity contribution in [3.05, 3.63) is 53.1 Å². The molecule has 0 spiro atoms. The summed E-state index contributed by atoms with van der Waals surface area (Å²) in [6, 6.07) is 8.25. The van der Waals surface area contributed by atoms with Gasteiger partial charge in [-0.2, -0.15) is 5.26 Å². The lowest BCUT2D eigenvalue weighted by Crippen LogP contribution is -2.05. The van der Waals surface area contributed by atoms with Crippen LogP contribution in [0.2, 0.25) is 0 Å². The molecular formula is C16H15NO4. The number of carbonyl (C=O) groups excluding carboxylic acids is 1. The first-order valence-corrected chi connectivity index (χ1v) is 6.37. The minimum absolute atomic E-state index is 0.342. The molecule has 1 aromatic carbocycles. The fourth-order valence-electron chi connectivity index (χ4n) is 1.42. The third-order valence-electron chi connectivity index (χ3n) is 2.49. The number of carbonyl (C=O) groups is 2. The lowest BCUT2D eigenvalue weighted by atomic mass is 10.1. The van der Waals surface area contributed by atoms with Crippen molar-refractivity contribution in [1.82, 2.24) is 0 Å². The highest BCUT2D eigenvalue weighted by Gasteiger charge is 2.05. The van der Waals surface area contributed by atoms with E-state index in [0.29, 0.717) is 12.2 Å². The molecule has 0 bridgehead atoms. The van der Waals surface area contributed by atoms with E-state index in [1.165, 1.54) is 12.2 Å². The molecule has 5 heteroatoms. The highest BCUT2D eigenvalue weighted by atomic mass is 16.5. The second-order valence-electron chi connectivity index (χ2n) is 4.11. The summed E-state index contributed by atoms with van der Waals surface area (Å²) in [7, 11) is 0. The minimum Gasteiger partial charge on any atom is -0.477 e. The Morgan fingerprint density at radius 3 is 2.52 bits per heavy atom. The first kappa shape index (κ1) is 16.2. The van der Waals surface area contributed by atoms with Gasteiger partial charge in [0.1, 0.15) is 11.6 Å². The third kappa shape index (κ3) is 5.33. The molecule has 0 aliphatic carbocycles. The van der Waals surface area contributed by atoms with Crippen LogP contribution in [-0.4, -0.2) is 23.7 Å². The van der Waals surface area contributed by atoms with Gasteiger partial charge in [-0.05, 0) is 30.2 Å². The van der Waals surface area contributed by atoms with Crippen molar-refractivity contribution in [2.24, 2.45) is 0 Å². The van der Waals surface area contributed by atoms with Crippen LogP contribution in [0.25, 0.3) is 6.08 Å². The van der Waals surface area contributed by atoms with Gasteiger partial charge in [-0.3, -0.25) is 0 Å². The Kier molecular flexibility index (Phi) is 6.42. The molecule has 0 saturated heterocycles. The van der Waals surface area contributed by atoms with E-state index in [9.17, 15) is 9.59 Å². The van der Waals surface area contributed by atoms with Crippen LogP contribution >= 0.6 is 0 Å². The molecule has 0 saturated carbocycles. The van der Waals surface area contributed by atoms with E-state index in [-0.39, 0.29) is 11.5 Å². The Bertz CT molecular complexity index is 606. The quantitative estimate of drug-likeness (QED) is 0.376. The van der Waals surface area contributed by atoms with Gasteiger partial charge in [-0.15, -0.1) is 0 Å². The number of carboxylic acid groups (broad SMARTS) is 1. The van der Waals surface area contributed by atoms with E-state index in [1.807, 2.05) is 6.92 Å². The number of rotatable bonds is 6. The largest absolute Gasteiger partial charge is 0.477 e. The molecule has 0 atom stereocenters. The van der Waals surface area contributed by atoms with Crippen LogP contribution in [0.5, 0.6) is 0 Å². The number of allylic oxidation sites excluding steroid dienone is 2. The van der Waals surface area contributed by atoms with Crippen LogP contribution in [-0.2, 0) is 9.53 Å². The molecule has 5 nitrogen and oxygen atoms in total. The van der Waals surface area contributed by atoms with E-state index in [0.717, 1.165) is 12.0 Å². The molecule has 21 heavy (non-hydrogen) atoms. The number of aliphatic carboxylic acids is 1. The molecule has 0 aliphatic rings. The number of esters is 1. The summed E-state index contributed by atoms with van der Waals surface area (Å²) in [4.78, 5) is 22.2. The van der Waals surface area contributed by atoms with Crippen molar-refractivity contribution >= 4 is 18.0 Å². The highest BCUT2D eigenvalue weighted by molar-refractivity contribution is 5.91. The second kappa shape index (κ2) is 8.33. The van der Waals surface area contributed by atoms with Crippen LogP contribution in [0, 0.1) is 11.3 Å². The van der Waals surface area contributed by atoms with E-state index in [1.54, 1.807) is 36.4 Å². The molecule has 1 N–H and O–H groups in total. The summed E-state index contributed by atoms with van der Waals surface area (Å²) in [6.45, 7) is 2.30. The predicted molar refractivity (Wildman–Crippen MR) is 77.4 cm³/mol. The summed E-state index contributed by atoms with van der Waals surface area (Å²) in [5.74, 6) is -1.64. The lowest BCUT2D eigenvalue weighted by Gasteiger charge is -2.02. The standard InChI is InChI=1S/C16H15NO4/c1-2-10-21-16(20)13-8-6-12(7-9-13)4-3-5-14(11-17)15(18)19/h3-9H,2,10H2,1H3,(H,18,19). The zero-order valence-corrected chi connectivity index (χ0v) is 11.6. The molecular weight excluding hydrogens is 270 g/mol. The average Bonchev–Trinajstić information content (AvgIpc) is 2.49. The highest BCUT2D eigenvalue weighted by Crippen LogP contribution is 2.08. The van der Waals surface area contributed by atoms with Gasteiger partial charge in [0.15, 0.2) is 0 Å². The van der Waals surface area contributed by atoms with Gasteiger partial charge in [0.05, 0.1) is 12.2 Å². The summed E-state index contributed by atoms with van der Waals surface area (Å²) in [6.07, 6.45) is 5.09. The number of benzene rings is 1. The third-order valence-corrected chi connectivity index (χ3v) is 2.49. The number of carboxylic acids is 1. The average molecular weight is 285 g/mol. The summed E-state index contributed by atoms with van der Waals surface area (Å²) in [5.41, 5.74) is 0.895. The van der Waals surface area contributed by atoms with Crippen molar-refractivity contribution in [1.29, 1.82) is 5.26 Å². The molecule has 0 aromatic heterocycles. The van der Waals surface area contributed by atoms with E-state index in [2.05, 4.69) is 0 Å². The Morgan fingerprint density at radius 1 is 1.33 bits per heavy atom. The van der Waals surface area contributed by atoms with Crippen molar-refractivity contribution < 1.29 is 19.4 Å². The van der Waals surface area contributed by atoms with Crippen LogP contribution < -0.4 is 0 Å². The summed E-state index contributed by atoms with van der Waals surface area (Å²) in [5, 5.41) is 17.2. The van der Waals surface area contributed by atoms with Gasteiger partial charge < -0.3 is 9.84 Å². The molecule has 0 amide bonds. The van der Waals surface area contributed by atoms with Gasteiger partial charge >= 0.3 is 11.9 Å². The zero-order chi connectivity index (χ0) is 15.7. The topological polar surface area (TPSA) is 87.4 Å². The Labute approximate surface area is 122 Å². The fourth-order valence-corrected chi connectivity index (χ4v) is 1.42. The van der Waals surface area contributed by atoms with Gasteiger partial charge in [0.2, 0.25) is 0 Å².